The van der Waals surface area contributed by atoms with Crippen LogP contribution in [0.25, 0.3) is 0 Å². The summed E-state index contributed by atoms with van der Waals surface area (Å²) in [5.74, 6) is 0.536. The van der Waals surface area contributed by atoms with E-state index in [2.05, 4.69) is 20.9 Å². The molecule has 0 aliphatic carbocycles. The molecule has 0 spiro atoms. The first kappa shape index (κ1) is 11.2. The van der Waals surface area contributed by atoms with E-state index >= 15 is 0 Å². The summed E-state index contributed by atoms with van der Waals surface area (Å²) in [6, 6.07) is 3.51. The lowest BCUT2D eigenvalue weighted by Gasteiger charge is -2.08. The Morgan fingerprint density at radius 2 is 2.36 bits per heavy atom. The number of halogens is 2. The predicted octanol–water partition coefficient (Wildman–Crippen LogP) is 2.95. The summed E-state index contributed by atoms with van der Waals surface area (Å²) in [6.07, 6.45) is 1.47. The molecule has 0 unspecified atom stereocenters. The summed E-state index contributed by atoms with van der Waals surface area (Å²) in [5.41, 5.74) is 0.746. The van der Waals surface area contributed by atoms with Gasteiger partial charge in [0.1, 0.15) is 5.75 Å². The van der Waals surface area contributed by atoms with Gasteiger partial charge in [-0.1, -0.05) is 27.5 Å². The van der Waals surface area contributed by atoms with Crippen molar-refractivity contribution in [1.29, 1.82) is 0 Å². The van der Waals surface area contributed by atoms with Gasteiger partial charge in [-0.25, -0.2) is 9.79 Å². The van der Waals surface area contributed by atoms with Crippen LogP contribution in [0.4, 0.5) is 0 Å². The Morgan fingerprint density at radius 1 is 1.64 bits per heavy atom. The molecule has 0 heterocycles. The highest BCUT2D eigenvalue weighted by Gasteiger charge is 2.08. The van der Waals surface area contributed by atoms with Gasteiger partial charge in [-0.2, -0.15) is 0 Å². The number of hydrogen-bond donors (Lipinski definition) is 0. The van der Waals surface area contributed by atoms with E-state index in [-0.39, 0.29) is 6.54 Å². The number of methoxy groups -OCH3 is 1. The second-order valence-electron chi connectivity index (χ2n) is 2.49. The molecule has 0 fully saturated rings. The van der Waals surface area contributed by atoms with Crippen LogP contribution in [0.2, 0.25) is 5.02 Å². The molecule has 0 saturated heterocycles. The van der Waals surface area contributed by atoms with Crippen molar-refractivity contribution < 1.29 is 9.53 Å². The standard InChI is InChI=1S/C9H7BrClNO2/c1-14-9-6(4-12-5-13)2-7(10)3-8(9)11/h2-3H,4H2,1H3. The molecule has 74 valence electrons. The number of benzene rings is 1. The van der Waals surface area contributed by atoms with E-state index in [0.717, 1.165) is 10.0 Å². The second-order valence-corrected chi connectivity index (χ2v) is 3.81. The largest absolute Gasteiger partial charge is 0.495 e. The van der Waals surface area contributed by atoms with Crippen LogP contribution in [0.15, 0.2) is 21.6 Å². The van der Waals surface area contributed by atoms with E-state index in [1.54, 1.807) is 12.1 Å². The molecule has 0 amide bonds. The van der Waals surface area contributed by atoms with E-state index in [0.29, 0.717) is 10.8 Å². The fourth-order valence-electron chi connectivity index (χ4n) is 1.08. The molecule has 0 saturated carbocycles. The molecule has 1 rings (SSSR count). The first-order chi connectivity index (χ1) is 6.69. The van der Waals surface area contributed by atoms with E-state index in [1.165, 1.54) is 13.2 Å². The number of hydrogen-bond acceptors (Lipinski definition) is 3. The summed E-state index contributed by atoms with van der Waals surface area (Å²) < 4.78 is 5.90. The number of nitrogens with zero attached hydrogens (tertiary/aromatic N) is 1. The van der Waals surface area contributed by atoms with Crippen LogP contribution < -0.4 is 4.74 Å². The van der Waals surface area contributed by atoms with Crippen LogP contribution in [0.5, 0.6) is 5.75 Å². The Labute approximate surface area is 94.9 Å². The molecule has 0 aromatic heterocycles. The first-order valence-corrected chi connectivity index (χ1v) is 4.91. The van der Waals surface area contributed by atoms with Gasteiger partial charge in [-0.05, 0) is 12.1 Å². The smallest absolute Gasteiger partial charge is 0.235 e. The Hall–Kier alpha value is -0.830. The van der Waals surface area contributed by atoms with Gasteiger partial charge in [0.2, 0.25) is 6.08 Å². The topological polar surface area (TPSA) is 38.7 Å². The Bertz CT molecular complexity index is 389. The molecular weight excluding hydrogens is 269 g/mol. The SMILES string of the molecule is COc1c(Cl)cc(Br)cc1CN=C=O. The molecule has 0 aliphatic heterocycles. The number of carbonyl (C=O) groups excluding carboxylic acids is 1. The monoisotopic (exact) mass is 275 g/mol. The van der Waals surface area contributed by atoms with E-state index in [1.807, 2.05) is 0 Å². The fourth-order valence-corrected chi connectivity index (χ4v) is 2.03. The maximum absolute atomic E-state index is 9.97. The molecule has 1 aromatic rings. The first-order valence-electron chi connectivity index (χ1n) is 3.74. The Balaban J connectivity index is 3.17. The molecule has 1 aromatic carbocycles. The number of aliphatic imine (C=N–C) groups is 1. The zero-order chi connectivity index (χ0) is 10.6. The number of rotatable bonds is 3. The van der Waals surface area contributed by atoms with Crippen LogP contribution in [0, 0.1) is 0 Å². The third-order valence-corrected chi connectivity index (χ3v) is 2.34. The van der Waals surface area contributed by atoms with Gasteiger partial charge in [-0.15, -0.1) is 0 Å². The van der Waals surface area contributed by atoms with Crippen molar-refractivity contribution in [2.75, 3.05) is 7.11 Å². The van der Waals surface area contributed by atoms with Crippen molar-refractivity contribution in [3.8, 4) is 5.75 Å². The Morgan fingerprint density at radius 3 is 2.93 bits per heavy atom. The number of isocyanates is 1. The lowest BCUT2D eigenvalue weighted by atomic mass is 10.2. The molecule has 5 heteroatoms. The van der Waals surface area contributed by atoms with Gasteiger partial charge in [0.15, 0.2) is 0 Å². The van der Waals surface area contributed by atoms with Crippen molar-refractivity contribution in [3.63, 3.8) is 0 Å². The summed E-state index contributed by atoms with van der Waals surface area (Å²) in [5, 5.41) is 0.484. The highest BCUT2D eigenvalue weighted by molar-refractivity contribution is 9.10. The second kappa shape index (κ2) is 5.15. The van der Waals surface area contributed by atoms with Crippen molar-refractivity contribution >= 4 is 33.6 Å². The van der Waals surface area contributed by atoms with E-state index < -0.39 is 0 Å². The van der Waals surface area contributed by atoms with Gasteiger partial charge in [0, 0.05) is 10.0 Å². The van der Waals surface area contributed by atoms with Crippen LogP contribution in [-0.4, -0.2) is 13.2 Å². The van der Waals surface area contributed by atoms with Gasteiger partial charge in [0.25, 0.3) is 0 Å². The van der Waals surface area contributed by atoms with Crippen LogP contribution in [0.3, 0.4) is 0 Å². The van der Waals surface area contributed by atoms with Crippen LogP contribution in [0.1, 0.15) is 5.56 Å². The molecule has 3 nitrogen and oxygen atoms in total. The zero-order valence-electron chi connectivity index (χ0n) is 7.38. The van der Waals surface area contributed by atoms with Crippen molar-refractivity contribution in [1.82, 2.24) is 0 Å². The minimum absolute atomic E-state index is 0.214. The number of ether oxygens (including phenoxy) is 1. The summed E-state index contributed by atoms with van der Waals surface area (Å²) in [7, 11) is 1.52. The molecular formula is C9H7BrClNO2. The van der Waals surface area contributed by atoms with Crippen LogP contribution >= 0.6 is 27.5 Å². The van der Waals surface area contributed by atoms with Crippen molar-refractivity contribution in [2.24, 2.45) is 4.99 Å². The van der Waals surface area contributed by atoms with Gasteiger partial charge in [-0.3, -0.25) is 0 Å². The minimum atomic E-state index is 0.214. The fraction of sp³-hybridized carbons (Fsp3) is 0.222. The van der Waals surface area contributed by atoms with E-state index in [9.17, 15) is 4.79 Å². The normalized spacial score (nSPS) is 9.36. The molecule has 14 heavy (non-hydrogen) atoms. The Kier molecular flexibility index (Phi) is 4.14. The van der Waals surface area contributed by atoms with Crippen molar-refractivity contribution in [2.45, 2.75) is 6.54 Å². The minimum Gasteiger partial charge on any atom is -0.495 e. The lowest BCUT2D eigenvalue weighted by molar-refractivity contribution is 0.410. The molecule has 0 radical (unpaired) electrons. The van der Waals surface area contributed by atoms with Crippen molar-refractivity contribution in [3.05, 3.63) is 27.2 Å². The lowest BCUT2D eigenvalue weighted by Crippen LogP contribution is -1.92. The summed E-state index contributed by atoms with van der Waals surface area (Å²) in [6.45, 7) is 0.214. The van der Waals surface area contributed by atoms with Gasteiger partial charge >= 0.3 is 0 Å². The third kappa shape index (κ3) is 2.58. The zero-order valence-corrected chi connectivity index (χ0v) is 9.72. The van der Waals surface area contributed by atoms with Crippen LogP contribution in [-0.2, 0) is 11.3 Å². The van der Waals surface area contributed by atoms with E-state index in [4.69, 9.17) is 16.3 Å². The maximum atomic E-state index is 9.97. The molecule has 0 bridgehead atoms. The quantitative estimate of drug-likeness (QED) is 0.629. The summed E-state index contributed by atoms with van der Waals surface area (Å²) >= 11 is 9.21. The molecule has 0 atom stereocenters. The highest BCUT2D eigenvalue weighted by atomic mass is 79.9. The maximum Gasteiger partial charge on any atom is 0.235 e. The average Bonchev–Trinajstić information content (AvgIpc) is 2.14. The molecule has 0 N–H and O–H groups in total. The van der Waals surface area contributed by atoms with Gasteiger partial charge < -0.3 is 4.74 Å². The predicted molar refractivity (Wildman–Crippen MR) is 57.5 cm³/mol. The average molecular weight is 277 g/mol. The molecule has 0 aliphatic rings. The highest BCUT2D eigenvalue weighted by Crippen LogP contribution is 2.32. The van der Waals surface area contributed by atoms with Gasteiger partial charge in [0.05, 0.1) is 18.7 Å². The summed E-state index contributed by atoms with van der Waals surface area (Å²) in [4.78, 5) is 13.4. The third-order valence-electron chi connectivity index (χ3n) is 1.60.